The van der Waals surface area contributed by atoms with E-state index in [2.05, 4.69) is 46.3 Å². The Bertz CT molecular complexity index is 1030. The molecule has 0 unspecified atom stereocenters. The molecule has 0 saturated carbocycles. The SMILES string of the molecule is CCN1CCN(c2nc3cc(OC)ccc3cc2CNCCc2cccc(OC)c2)CC1. The summed E-state index contributed by atoms with van der Waals surface area (Å²) < 4.78 is 10.8. The van der Waals surface area contributed by atoms with Gasteiger partial charge >= 0.3 is 0 Å². The number of anilines is 1. The van der Waals surface area contributed by atoms with E-state index in [1.54, 1.807) is 14.2 Å². The molecule has 2 aromatic carbocycles. The lowest BCUT2D eigenvalue weighted by Crippen LogP contribution is -2.46. The summed E-state index contributed by atoms with van der Waals surface area (Å²) in [4.78, 5) is 10.0. The number of likely N-dealkylation sites (N-methyl/N-ethyl adjacent to an activating group) is 1. The largest absolute Gasteiger partial charge is 0.497 e. The predicted octanol–water partition coefficient (Wildman–Crippen LogP) is 3.73. The first-order chi connectivity index (χ1) is 15.7. The number of pyridine rings is 1. The van der Waals surface area contributed by atoms with Crippen molar-refractivity contribution >= 4 is 16.7 Å². The summed E-state index contributed by atoms with van der Waals surface area (Å²) >= 11 is 0. The van der Waals surface area contributed by atoms with Crippen LogP contribution in [0.25, 0.3) is 10.9 Å². The smallest absolute Gasteiger partial charge is 0.133 e. The van der Waals surface area contributed by atoms with Crippen LogP contribution in [0.2, 0.25) is 0 Å². The Labute approximate surface area is 191 Å². The zero-order valence-corrected chi connectivity index (χ0v) is 19.4. The molecule has 2 heterocycles. The van der Waals surface area contributed by atoms with Crippen LogP contribution in [0.15, 0.2) is 48.5 Å². The van der Waals surface area contributed by atoms with Gasteiger partial charge in [0.2, 0.25) is 0 Å². The molecule has 0 radical (unpaired) electrons. The van der Waals surface area contributed by atoms with Crippen molar-refractivity contribution in [2.75, 3.05) is 58.4 Å². The molecule has 6 heteroatoms. The van der Waals surface area contributed by atoms with Gasteiger partial charge in [-0.15, -0.1) is 0 Å². The number of rotatable bonds is 9. The number of nitrogens with zero attached hydrogens (tertiary/aromatic N) is 3. The van der Waals surface area contributed by atoms with Crippen LogP contribution in [0.1, 0.15) is 18.1 Å². The van der Waals surface area contributed by atoms with E-state index in [9.17, 15) is 0 Å². The molecule has 1 N–H and O–H groups in total. The Balaban J connectivity index is 1.50. The van der Waals surface area contributed by atoms with Gasteiger partial charge in [-0.25, -0.2) is 4.98 Å². The molecule has 1 fully saturated rings. The van der Waals surface area contributed by atoms with Crippen molar-refractivity contribution in [1.82, 2.24) is 15.2 Å². The second-order valence-corrected chi connectivity index (χ2v) is 8.23. The quantitative estimate of drug-likeness (QED) is 0.518. The third-order valence-electron chi connectivity index (χ3n) is 6.24. The lowest BCUT2D eigenvalue weighted by Gasteiger charge is -2.35. The lowest BCUT2D eigenvalue weighted by molar-refractivity contribution is 0.270. The zero-order chi connectivity index (χ0) is 22.3. The molecular weight excluding hydrogens is 400 g/mol. The minimum Gasteiger partial charge on any atom is -0.497 e. The van der Waals surface area contributed by atoms with E-state index in [-0.39, 0.29) is 0 Å². The van der Waals surface area contributed by atoms with Gasteiger partial charge in [-0.3, -0.25) is 0 Å². The van der Waals surface area contributed by atoms with Crippen molar-refractivity contribution < 1.29 is 9.47 Å². The average Bonchev–Trinajstić information content (AvgIpc) is 2.86. The highest BCUT2D eigenvalue weighted by Crippen LogP contribution is 2.27. The Kier molecular flexibility index (Phi) is 7.45. The van der Waals surface area contributed by atoms with E-state index >= 15 is 0 Å². The van der Waals surface area contributed by atoms with Gasteiger partial charge in [0.15, 0.2) is 0 Å². The fraction of sp³-hybridized carbons (Fsp3) is 0.423. The van der Waals surface area contributed by atoms with Crippen molar-refractivity contribution in [3.8, 4) is 11.5 Å². The first-order valence-electron chi connectivity index (χ1n) is 11.5. The van der Waals surface area contributed by atoms with E-state index in [0.29, 0.717) is 0 Å². The molecule has 1 aliphatic rings. The number of hydrogen-bond donors (Lipinski definition) is 1. The fourth-order valence-corrected chi connectivity index (χ4v) is 4.27. The molecule has 32 heavy (non-hydrogen) atoms. The van der Waals surface area contributed by atoms with Crippen molar-refractivity contribution in [2.24, 2.45) is 0 Å². The van der Waals surface area contributed by atoms with Gasteiger partial charge in [0.1, 0.15) is 17.3 Å². The first-order valence-corrected chi connectivity index (χ1v) is 11.5. The normalized spacial score (nSPS) is 14.7. The third-order valence-corrected chi connectivity index (χ3v) is 6.24. The van der Waals surface area contributed by atoms with E-state index < -0.39 is 0 Å². The van der Waals surface area contributed by atoms with Crippen LogP contribution in [0.5, 0.6) is 11.5 Å². The monoisotopic (exact) mass is 434 g/mol. The summed E-state index contributed by atoms with van der Waals surface area (Å²) in [6.07, 6.45) is 0.958. The average molecular weight is 435 g/mol. The first kappa shape index (κ1) is 22.4. The molecule has 1 saturated heterocycles. The van der Waals surface area contributed by atoms with Crippen molar-refractivity contribution in [3.63, 3.8) is 0 Å². The van der Waals surface area contributed by atoms with Crippen LogP contribution in [0, 0.1) is 0 Å². The standard InChI is InChI=1S/C26H34N4O2/c1-4-29-12-14-30(15-13-29)26-22(17-21-8-9-24(32-3)18-25(21)28-26)19-27-11-10-20-6-5-7-23(16-20)31-2/h5-9,16-18,27H,4,10-15,19H2,1-3H3. The highest BCUT2D eigenvalue weighted by molar-refractivity contribution is 5.83. The summed E-state index contributed by atoms with van der Waals surface area (Å²) in [5, 5.41) is 4.78. The maximum Gasteiger partial charge on any atom is 0.133 e. The number of piperazine rings is 1. The number of benzene rings is 2. The Hall–Kier alpha value is -2.83. The molecule has 0 amide bonds. The van der Waals surface area contributed by atoms with Crippen molar-refractivity contribution in [3.05, 3.63) is 59.7 Å². The molecule has 3 aromatic rings. The number of fused-ring (bicyclic) bond motifs is 1. The van der Waals surface area contributed by atoms with Gasteiger partial charge < -0.3 is 24.6 Å². The maximum absolute atomic E-state index is 5.42. The van der Waals surface area contributed by atoms with Crippen molar-refractivity contribution in [2.45, 2.75) is 19.9 Å². The second kappa shape index (κ2) is 10.7. The Morgan fingerprint density at radius 1 is 0.938 bits per heavy atom. The zero-order valence-electron chi connectivity index (χ0n) is 19.4. The molecular formula is C26H34N4O2. The van der Waals surface area contributed by atoms with Crippen LogP contribution in [0.4, 0.5) is 5.82 Å². The van der Waals surface area contributed by atoms with E-state index in [4.69, 9.17) is 14.5 Å². The predicted molar refractivity (Wildman–Crippen MR) is 131 cm³/mol. The van der Waals surface area contributed by atoms with Gasteiger partial charge in [0.05, 0.1) is 19.7 Å². The number of nitrogens with one attached hydrogen (secondary N) is 1. The molecule has 0 bridgehead atoms. The maximum atomic E-state index is 5.42. The van der Waals surface area contributed by atoms with Gasteiger partial charge in [-0.1, -0.05) is 19.1 Å². The molecule has 0 spiro atoms. The summed E-state index contributed by atoms with van der Waals surface area (Å²) in [5.41, 5.74) is 3.51. The Morgan fingerprint density at radius 2 is 1.72 bits per heavy atom. The van der Waals surface area contributed by atoms with E-state index in [0.717, 1.165) is 80.5 Å². The third kappa shape index (κ3) is 5.31. The molecule has 1 aromatic heterocycles. The van der Waals surface area contributed by atoms with Crippen LogP contribution in [-0.4, -0.2) is 63.4 Å². The fourth-order valence-electron chi connectivity index (χ4n) is 4.27. The molecule has 4 rings (SSSR count). The van der Waals surface area contributed by atoms with Crippen LogP contribution >= 0.6 is 0 Å². The van der Waals surface area contributed by atoms with Crippen LogP contribution in [-0.2, 0) is 13.0 Å². The molecule has 0 atom stereocenters. The highest BCUT2D eigenvalue weighted by Gasteiger charge is 2.20. The van der Waals surface area contributed by atoms with Crippen molar-refractivity contribution in [1.29, 1.82) is 0 Å². The molecule has 1 aliphatic heterocycles. The molecule has 0 aliphatic carbocycles. The number of methoxy groups -OCH3 is 2. The summed E-state index contributed by atoms with van der Waals surface area (Å²) in [6.45, 7) is 9.20. The van der Waals surface area contributed by atoms with E-state index in [1.807, 2.05) is 24.3 Å². The van der Waals surface area contributed by atoms with Crippen LogP contribution < -0.4 is 19.7 Å². The molecule has 170 valence electrons. The second-order valence-electron chi connectivity index (χ2n) is 8.23. The summed E-state index contributed by atoms with van der Waals surface area (Å²) in [5.74, 6) is 2.84. The van der Waals surface area contributed by atoms with E-state index in [1.165, 1.54) is 11.1 Å². The number of ether oxygens (including phenoxy) is 2. The minimum absolute atomic E-state index is 0.794. The molecule has 6 nitrogen and oxygen atoms in total. The highest BCUT2D eigenvalue weighted by atomic mass is 16.5. The number of hydrogen-bond acceptors (Lipinski definition) is 6. The van der Waals surface area contributed by atoms with Gasteiger partial charge in [0.25, 0.3) is 0 Å². The summed E-state index contributed by atoms with van der Waals surface area (Å²) in [7, 11) is 3.41. The topological polar surface area (TPSA) is 49.9 Å². The van der Waals surface area contributed by atoms with Gasteiger partial charge in [0, 0.05) is 49.7 Å². The van der Waals surface area contributed by atoms with Crippen LogP contribution in [0.3, 0.4) is 0 Å². The lowest BCUT2D eigenvalue weighted by atomic mass is 10.1. The Morgan fingerprint density at radius 3 is 2.47 bits per heavy atom. The van der Waals surface area contributed by atoms with Gasteiger partial charge in [-0.2, -0.15) is 0 Å². The minimum atomic E-state index is 0.794. The van der Waals surface area contributed by atoms with Gasteiger partial charge in [-0.05, 0) is 55.4 Å². The summed E-state index contributed by atoms with van der Waals surface area (Å²) in [6, 6.07) is 16.7. The number of aromatic nitrogens is 1.